The summed E-state index contributed by atoms with van der Waals surface area (Å²) in [6.45, 7) is 9.80. The van der Waals surface area contributed by atoms with Crippen molar-refractivity contribution >= 4 is 18.1 Å². The lowest BCUT2D eigenvalue weighted by Crippen LogP contribution is -2.50. The molecule has 1 unspecified atom stereocenters. The molecule has 1 aliphatic rings. The minimum Gasteiger partial charge on any atom is -0.444 e. The van der Waals surface area contributed by atoms with Gasteiger partial charge in [0.25, 0.3) is 0 Å². The summed E-state index contributed by atoms with van der Waals surface area (Å²) in [6, 6.07) is 9.19. The van der Waals surface area contributed by atoms with Crippen molar-refractivity contribution in [1.82, 2.24) is 20.9 Å². The number of amides is 3. The van der Waals surface area contributed by atoms with Crippen molar-refractivity contribution < 1.29 is 14.3 Å². The van der Waals surface area contributed by atoms with Crippen LogP contribution >= 0.6 is 0 Å². The molecule has 0 aromatic heterocycles. The predicted molar refractivity (Wildman–Crippen MR) is 122 cm³/mol. The normalized spacial score (nSPS) is 16.4. The van der Waals surface area contributed by atoms with Gasteiger partial charge in [0, 0.05) is 25.7 Å². The van der Waals surface area contributed by atoms with Crippen LogP contribution in [0.5, 0.6) is 0 Å². The Morgan fingerprint density at radius 3 is 2.42 bits per heavy atom. The topological polar surface area (TPSA) is 121 Å². The fourth-order valence-electron chi connectivity index (χ4n) is 3.31. The molecule has 3 amide bonds. The number of nitrogens with zero attached hydrogens (tertiary/aromatic N) is 2. The number of carbonyl (C=O) groups excluding carboxylic acids is 2. The van der Waals surface area contributed by atoms with E-state index in [1.807, 2.05) is 58.0 Å². The Kier molecular flexibility index (Phi) is 8.96. The number of benzene rings is 1. The predicted octanol–water partition coefficient (Wildman–Crippen LogP) is 2.35. The average molecular weight is 433 g/mol. The summed E-state index contributed by atoms with van der Waals surface area (Å²) in [7, 11) is 0. The Bertz CT molecular complexity index is 739. The standard InChI is InChI=1S/C22H36N6O3/c1-5-24-20(26-17-11-13-28(14-12-17)19(23)29)25-15-18(16-9-7-6-8-10-16)27-21(30)31-22(2,3)4/h6-10,17-18H,5,11-15H2,1-4H3,(H2,23,29)(H,27,30)(H2,24,25,26). The summed E-state index contributed by atoms with van der Waals surface area (Å²) in [6.07, 6.45) is 1.12. The molecule has 0 saturated carbocycles. The number of ether oxygens (including phenoxy) is 1. The van der Waals surface area contributed by atoms with Gasteiger partial charge in [-0.05, 0) is 46.1 Å². The zero-order valence-electron chi connectivity index (χ0n) is 19.0. The highest BCUT2D eigenvalue weighted by molar-refractivity contribution is 5.80. The monoisotopic (exact) mass is 432 g/mol. The van der Waals surface area contributed by atoms with E-state index in [0.29, 0.717) is 32.1 Å². The number of likely N-dealkylation sites (tertiary alicyclic amines) is 1. The maximum absolute atomic E-state index is 12.4. The number of guanidine groups is 1. The number of hydrogen-bond acceptors (Lipinski definition) is 4. The quantitative estimate of drug-likeness (QED) is 0.406. The maximum atomic E-state index is 12.4. The SMILES string of the molecule is CCNC(=NCC(NC(=O)OC(C)(C)C)c1ccccc1)NC1CCN(C(N)=O)CC1. The molecule has 1 fully saturated rings. The van der Waals surface area contributed by atoms with Crippen molar-refractivity contribution in [2.24, 2.45) is 10.7 Å². The van der Waals surface area contributed by atoms with Gasteiger partial charge in [0.15, 0.2) is 5.96 Å². The Labute approximate surface area is 184 Å². The number of carbonyl (C=O) groups is 2. The van der Waals surface area contributed by atoms with E-state index in [1.165, 1.54) is 0 Å². The van der Waals surface area contributed by atoms with Crippen LogP contribution < -0.4 is 21.7 Å². The average Bonchev–Trinajstić information content (AvgIpc) is 2.70. The van der Waals surface area contributed by atoms with E-state index in [9.17, 15) is 9.59 Å². The number of alkyl carbamates (subject to hydrolysis) is 1. The second kappa shape index (κ2) is 11.4. The van der Waals surface area contributed by atoms with Crippen molar-refractivity contribution in [2.45, 2.75) is 58.2 Å². The molecular weight excluding hydrogens is 396 g/mol. The summed E-state index contributed by atoms with van der Waals surface area (Å²) >= 11 is 0. The van der Waals surface area contributed by atoms with Crippen molar-refractivity contribution in [3.63, 3.8) is 0 Å². The van der Waals surface area contributed by atoms with Gasteiger partial charge in [-0.1, -0.05) is 30.3 Å². The lowest BCUT2D eigenvalue weighted by molar-refractivity contribution is 0.0505. The summed E-state index contributed by atoms with van der Waals surface area (Å²) in [4.78, 5) is 30.0. The lowest BCUT2D eigenvalue weighted by Gasteiger charge is -2.32. The fourth-order valence-corrected chi connectivity index (χ4v) is 3.31. The Morgan fingerprint density at radius 2 is 1.87 bits per heavy atom. The first-order valence-electron chi connectivity index (χ1n) is 10.8. The van der Waals surface area contributed by atoms with E-state index in [2.05, 4.69) is 16.0 Å². The largest absolute Gasteiger partial charge is 0.444 e. The smallest absolute Gasteiger partial charge is 0.408 e. The number of aliphatic imine (C=N–C) groups is 1. The highest BCUT2D eigenvalue weighted by atomic mass is 16.6. The second-order valence-corrected chi connectivity index (χ2v) is 8.57. The van der Waals surface area contributed by atoms with Gasteiger partial charge in [0.05, 0.1) is 12.6 Å². The van der Waals surface area contributed by atoms with Crippen molar-refractivity contribution in [2.75, 3.05) is 26.2 Å². The van der Waals surface area contributed by atoms with Crippen molar-refractivity contribution in [1.29, 1.82) is 0 Å². The molecule has 1 atom stereocenters. The summed E-state index contributed by atoms with van der Waals surface area (Å²) < 4.78 is 5.42. The number of hydrogen-bond donors (Lipinski definition) is 4. The Balaban J connectivity index is 2.05. The van der Waals surface area contributed by atoms with Gasteiger partial charge < -0.3 is 31.3 Å². The zero-order chi connectivity index (χ0) is 22.9. The van der Waals surface area contributed by atoms with Gasteiger partial charge in [-0.15, -0.1) is 0 Å². The molecule has 5 N–H and O–H groups in total. The molecule has 1 heterocycles. The van der Waals surface area contributed by atoms with Gasteiger partial charge in [0.2, 0.25) is 0 Å². The third-order valence-electron chi connectivity index (χ3n) is 4.82. The number of urea groups is 1. The summed E-state index contributed by atoms with van der Waals surface area (Å²) in [5, 5.41) is 9.61. The summed E-state index contributed by atoms with van der Waals surface area (Å²) in [5.41, 5.74) is 5.73. The summed E-state index contributed by atoms with van der Waals surface area (Å²) in [5.74, 6) is 0.673. The minimum absolute atomic E-state index is 0.197. The van der Waals surface area contributed by atoms with Crippen LogP contribution in [0.25, 0.3) is 0 Å². The molecule has 2 rings (SSSR count). The van der Waals surface area contributed by atoms with E-state index >= 15 is 0 Å². The highest BCUT2D eigenvalue weighted by Crippen LogP contribution is 2.15. The van der Waals surface area contributed by atoms with Gasteiger partial charge in [-0.2, -0.15) is 0 Å². The number of nitrogens with one attached hydrogen (secondary N) is 3. The first-order valence-corrected chi connectivity index (χ1v) is 10.8. The van der Waals surface area contributed by atoms with E-state index in [0.717, 1.165) is 18.4 Å². The number of primary amides is 1. The van der Waals surface area contributed by atoms with E-state index in [4.69, 9.17) is 15.5 Å². The van der Waals surface area contributed by atoms with Crippen LogP contribution in [0.2, 0.25) is 0 Å². The molecular formula is C22H36N6O3. The first kappa shape index (κ1) is 24.3. The fraction of sp³-hybridized carbons (Fsp3) is 0.591. The van der Waals surface area contributed by atoms with E-state index in [-0.39, 0.29) is 18.1 Å². The molecule has 0 aliphatic carbocycles. The van der Waals surface area contributed by atoms with Crippen LogP contribution in [0.4, 0.5) is 9.59 Å². The van der Waals surface area contributed by atoms with Crippen LogP contribution in [-0.2, 0) is 4.74 Å². The van der Waals surface area contributed by atoms with Gasteiger partial charge in [0.1, 0.15) is 5.60 Å². The molecule has 1 aliphatic heterocycles. The zero-order valence-corrected chi connectivity index (χ0v) is 19.0. The lowest BCUT2D eigenvalue weighted by atomic mass is 10.1. The molecule has 0 radical (unpaired) electrons. The first-order chi connectivity index (χ1) is 14.7. The second-order valence-electron chi connectivity index (χ2n) is 8.57. The van der Waals surface area contributed by atoms with Crippen molar-refractivity contribution in [3.8, 4) is 0 Å². The van der Waals surface area contributed by atoms with Gasteiger partial charge in [-0.25, -0.2) is 9.59 Å². The van der Waals surface area contributed by atoms with Crippen LogP contribution in [0.3, 0.4) is 0 Å². The molecule has 0 bridgehead atoms. The minimum atomic E-state index is -0.579. The molecule has 1 aromatic carbocycles. The molecule has 9 heteroatoms. The number of rotatable bonds is 6. The van der Waals surface area contributed by atoms with Crippen LogP contribution in [0.15, 0.2) is 35.3 Å². The molecule has 0 spiro atoms. The molecule has 9 nitrogen and oxygen atoms in total. The van der Waals surface area contributed by atoms with Gasteiger partial charge in [-0.3, -0.25) is 4.99 Å². The molecule has 1 saturated heterocycles. The molecule has 1 aromatic rings. The maximum Gasteiger partial charge on any atom is 0.408 e. The number of nitrogens with two attached hydrogens (primary N) is 1. The van der Waals surface area contributed by atoms with Crippen LogP contribution in [-0.4, -0.2) is 60.8 Å². The van der Waals surface area contributed by atoms with Crippen LogP contribution in [0, 0.1) is 0 Å². The van der Waals surface area contributed by atoms with Crippen molar-refractivity contribution in [3.05, 3.63) is 35.9 Å². The van der Waals surface area contributed by atoms with Crippen LogP contribution in [0.1, 0.15) is 52.1 Å². The third-order valence-corrected chi connectivity index (χ3v) is 4.82. The third kappa shape index (κ3) is 8.74. The highest BCUT2D eigenvalue weighted by Gasteiger charge is 2.23. The Morgan fingerprint density at radius 1 is 1.23 bits per heavy atom. The van der Waals surface area contributed by atoms with E-state index < -0.39 is 11.7 Å². The molecule has 31 heavy (non-hydrogen) atoms. The molecule has 172 valence electrons. The van der Waals surface area contributed by atoms with Gasteiger partial charge >= 0.3 is 12.1 Å². The number of piperidine rings is 1. The van der Waals surface area contributed by atoms with E-state index in [1.54, 1.807) is 4.90 Å². The Hall–Kier alpha value is -2.97.